The first kappa shape index (κ1) is 11.6. The lowest BCUT2D eigenvalue weighted by Gasteiger charge is -2.22. The molecule has 1 unspecified atom stereocenters. The van der Waals surface area contributed by atoms with Crippen molar-refractivity contribution < 1.29 is 0 Å². The summed E-state index contributed by atoms with van der Waals surface area (Å²) in [6, 6.07) is 6.18. The molecule has 94 valence electrons. The summed E-state index contributed by atoms with van der Waals surface area (Å²) in [7, 11) is 0. The standard InChI is InChI=1S/C13H16N4S/c14-13-16-10(9-3-1-5-15-8-9)7-11(17-13)12-4-2-6-18-12/h2,4,6-7,9,15H,1,3,5,8H2,(H2,14,16,17). The number of nitrogens with two attached hydrogens (primary N) is 1. The molecular weight excluding hydrogens is 244 g/mol. The molecule has 18 heavy (non-hydrogen) atoms. The van der Waals surface area contributed by atoms with Crippen LogP contribution in [-0.2, 0) is 0 Å². The Hall–Kier alpha value is -1.46. The van der Waals surface area contributed by atoms with E-state index in [0.29, 0.717) is 11.9 Å². The Labute approximate surface area is 110 Å². The molecule has 1 atom stereocenters. The van der Waals surface area contributed by atoms with Crippen LogP contribution in [0.5, 0.6) is 0 Å². The molecule has 0 radical (unpaired) electrons. The van der Waals surface area contributed by atoms with Gasteiger partial charge in [0, 0.05) is 12.5 Å². The monoisotopic (exact) mass is 260 g/mol. The fourth-order valence-corrected chi connectivity index (χ4v) is 3.04. The van der Waals surface area contributed by atoms with E-state index in [0.717, 1.165) is 29.4 Å². The number of nitrogens with one attached hydrogen (secondary N) is 1. The molecule has 5 heteroatoms. The molecule has 3 N–H and O–H groups in total. The molecule has 0 saturated carbocycles. The van der Waals surface area contributed by atoms with E-state index in [1.165, 1.54) is 12.8 Å². The van der Waals surface area contributed by atoms with Crippen molar-refractivity contribution in [2.45, 2.75) is 18.8 Å². The van der Waals surface area contributed by atoms with Crippen LogP contribution in [0.3, 0.4) is 0 Å². The van der Waals surface area contributed by atoms with Crippen molar-refractivity contribution in [3.05, 3.63) is 29.3 Å². The van der Waals surface area contributed by atoms with Gasteiger partial charge in [-0.3, -0.25) is 0 Å². The van der Waals surface area contributed by atoms with E-state index in [9.17, 15) is 0 Å². The maximum absolute atomic E-state index is 5.83. The van der Waals surface area contributed by atoms with Gasteiger partial charge in [-0.05, 0) is 36.9 Å². The minimum atomic E-state index is 0.376. The number of anilines is 1. The van der Waals surface area contributed by atoms with E-state index < -0.39 is 0 Å². The Morgan fingerprint density at radius 1 is 1.39 bits per heavy atom. The predicted molar refractivity (Wildman–Crippen MR) is 74.6 cm³/mol. The SMILES string of the molecule is Nc1nc(-c2cccs2)cc(C2CCCNC2)n1. The summed E-state index contributed by atoms with van der Waals surface area (Å²) in [6.45, 7) is 2.09. The normalized spacial score (nSPS) is 19.9. The molecule has 2 aromatic heterocycles. The first-order valence-corrected chi connectivity index (χ1v) is 7.10. The molecule has 0 amide bonds. The van der Waals surface area contributed by atoms with Crippen LogP contribution >= 0.6 is 11.3 Å². The van der Waals surface area contributed by atoms with Gasteiger partial charge in [-0.1, -0.05) is 6.07 Å². The predicted octanol–water partition coefficient (Wildman–Crippen LogP) is 2.25. The number of aromatic nitrogens is 2. The van der Waals surface area contributed by atoms with Gasteiger partial charge in [-0.2, -0.15) is 0 Å². The van der Waals surface area contributed by atoms with E-state index >= 15 is 0 Å². The molecule has 0 spiro atoms. The Bertz CT molecular complexity index is 518. The van der Waals surface area contributed by atoms with Crippen molar-refractivity contribution in [1.29, 1.82) is 0 Å². The van der Waals surface area contributed by atoms with Crippen molar-refractivity contribution in [2.75, 3.05) is 18.8 Å². The highest BCUT2D eigenvalue weighted by Gasteiger charge is 2.18. The van der Waals surface area contributed by atoms with Gasteiger partial charge in [-0.25, -0.2) is 9.97 Å². The second kappa shape index (κ2) is 5.04. The minimum Gasteiger partial charge on any atom is -0.368 e. The highest BCUT2D eigenvalue weighted by Crippen LogP contribution is 2.28. The third-order valence-electron chi connectivity index (χ3n) is 3.25. The molecule has 4 nitrogen and oxygen atoms in total. The molecule has 1 fully saturated rings. The average molecular weight is 260 g/mol. The topological polar surface area (TPSA) is 63.8 Å². The van der Waals surface area contributed by atoms with Crippen LogP contribution in [-0.4, -0.2) is 23.1 Å². The molecule has 1 aliphatic heterocycles. The largest absolute Gasteiger partial charge is 0.368 e. The maximum atomic E-state index is 5.83. The number of piperidine rings is 1. The number of nitrogens with zero attached hydrogens (tertiary/aromatic N) is 2. The van der Waals surface area contributed by atoms with E-state index in [-0.39, 0.29) is 0 Å². The van der Waals surface area contributed by atoms with Crippen molar-refractivity contribution in [3.8, 4) is 10.6 Å². The van der Waals surface area contributed by atoms with E-state index in [4.69, 9.17) is 5.73 Å². The van der Waals surface area contributed by atoms with E-state index in [1.54, 1.807) is 11.3 Å². The molecular formula is C13H16N4S. The van der Waals surface area contributed by atoms with Gasteiger partial charge in [0.1, 0.15) is 0 Å². The minimum absolute atomic E-state index is 0.376. The second-order valence-corrected chi connectivity index (χ2v) is 5.50. The molecule has 3 rings (SSSR count). The molecule has 2 aromatic rings. The van der Waals surface area contributed by atoms with Gasteiger partial charge in [-0.15, -0.1) is 11.3 Å². The van der Waals surface area contributed by atoms with Crippen LogP contribution in [0.25, 0.3) is 10.6 Å². The summed E-state index contributed by atoms with van der Waals surface area (Å²) < 4.78 is 0. The van der Waals surface area contributed by atoms with Crippen molar-refractivity contribution >= 4 is 17.3 Å². The first-order chi connectivity index (χ1) is 8.83. The molecule has 0 bridgehead atoms. The summed E-state index contributed by atoms with van der Waals surface area (Å²) in [4.78, 5) is 9.87. The smallest absolute Gasteiger partial charge is 0.220 e. The average Bonchev–Trinajstić information content (AvgIpc) is 2.93. The van der Waals surface area contributed by atoms with Crippen LogP contribution in [0.1, 0.15) is 24.5 Å². The van der Waals surface area contributed by atoms with Gasteiger partial charge in [0.15, 0.2) is 0 Å². The van der Waals surface area contributed by atoms with Crippen LogP contribution in [0.4, 0.5) is 5.95 Å². The van der Waals surface area contributed by atoms with Crippen molar-refractivity contribution in [1.82, 2.24) is 15.3 Å². The van der Waals surface area contributed by atoms with Crippen molar-refractivity contribution in [2.24, 2.45) is 0 Å². The summed E-state index contributed by atoms with van der Waals surface area (Å²) in [6.07, 6.45) is 2.37. The van der Waals surface area contributed by atoms with Gasteiger partial charge in [0.25, 0.3) is 0 Å². The Morgan fingerprint density at radius 2 is 2.33 bits per heavy atom. The number of hydrogen-bond donors (Lipinski definition) is 2. The van der Waals surface area contributed by atoms with Crippen LogP contribution in [0, 0.1) is 0 Å². The zero-order valence-electron chi connectivity index (χ0n) is 10.1. The van der Waals surface area contributed by atoms with Gasteiger partial charge in [0.05, 0.1) is 16.3 Å². The Kier molecular flexibility index (Phi) is 3.25. The zero-order chi connectivity index (χ0) is 12.4. The van der Waals surface area contributed by atoms with Gasteiger partial charge < -0.3 is 11.1 Å². The zero-order valence-corrected chi connectivity index (χ0v) is 10.9. The fourth-order valence-electron chi connectivity index (χ4n) is 2.35. The Balaban J connectivity index is 1.95. The summed E-state index contributed by atoms with van der Waals surface area (Å²) in [5.41, 5.74) is 7.84. The molecule has 0 aromatic carbocycles. The molecule has 1 saturated heterocycles. The number of nitrogen functional groups attached to an aromatic ring is 1. The number of thiophene rings is 1. The highest BCUT2D eigenvalue weighted by molar-refractivity contribution is 7.13. The van der Waals surface area contributed by atoms with E-state index in [1.807, 2.05) is 6.07 Å². The fraction of sp³-hybridized carbons (Fsp3) is 0.385. The number of hydrogen-bond acceptors (Lipinski definition) is 5. The van der Waals surface area contributed by atoms with Crippen LogP contribution in [0.15, 0.2) is 23.6 Å². The lowest BCUT2D eigenvalue weighted by atomic mass is 9.95. The van der Waals surface area contributed by atoms with Crippen LogP contribution < -0.4 is 11.1 Å². The third kappa shape index (κ3) is 2.37. The second-order valence-electron chi connectivity index (χ2n) is 4.56. The lowest BCUT2D eigenvalue weighted by Crippen LogP contribution is -2.29. The summed E-state index contributed by atoms with van der Waals surface area (Å²) >= 11 is 1.68. The first-order valence-electron chi connectivity index (χ1n) is 6.22. The molecule has 3 heterocycles. The quantitative estimate of drug-likeness (QED) is 0.869. The number of rotatable bonds is 2. The van der Waals surface area contributed by atoms with Crippen LogP contribution in [0.2, 0.25) is 0 Å². The van der Waals surface area contributed by atoms with Gasteiger partial charge >= 0.3 is 0 Å². The van der Waals surface area contributed by atoms with Crippen molar-refractivity contribution in [3.63, 3.8) is 0 Å². The lowest BCUT2D eigenvalue weighted by molar-refractivity contribution is 0.454. The summed E-state index contributed by atoms with van der Waals surface area (Å²) in [5, 5.41) is 5.46. The Morgan fingerprint density at radius 3 is 3.06 bits per heavy atom. The summed E-state index contributed by atoms with van der Waals surface area (Å²) in [5.74, 6) is 0.837. The molecule has 0 aliphatic carbocycles. The maximum Gasteiger partial charge on any atom is 0.220 e. The third-order valence-corrected chi connectivity index (χ3v) is 4.14. The molecule has 1 aliphatic rings. The van der Waals surface area contributed by atoms with E-state index in [2.05, 4.69) is 32.8 Å². The highest BCUT2D eigenvalue weighted by atomic mass is 32.1. The van der Waals surface area contributed by atoms with Gasteiger partial charge in [0.2, 0.25) is 5.95 Å².